The second-order valence-electron chi connectivity index (χ2n) is 7.19. The fraction of sp³-hybridized carbons (Fsp3) is 0.333. The number of piperazine rings is 1. The van der Waals surface area contributed by atoms with E-state index < -0.39 is 0 Å². The van der Waals surface area contributed by atoms with E-state index in [9.17, 15) is 9.59 Å². The van der Waals surface area contributed by atoms with Gasteiger partial charge in [-0.3, -0.25) is 14.5 Å². The predicted molar refractivity (Wildman–Crippen MR) is 106 cm³/mol. The lowest BCUT2D eigenvalue weighted by atomic mass is 10.1. The number of fused-ring (bicyclic) bond motifs is 1. The minimum absolute atomic E-state index is 0.0143. The molecule has 4 rings (SSSR count). The average molecular weight is 365 g/mol. The number of para-hydroxylation sites is 3. The quantitative estimate of drug-likeness (QED) is 0.845. The van der Waals surface area contributed by atoms with E-state index in [-0.39, 0.29) is 24.4 Å². The Labute approximate surface area is 159 Å². The molecule has 2 N–H and O–H groups in total. The van der Waals surface area contributed by atoms with E-state index in [0.717, 1.165) is 31.9 Å². The SMILES string of the molecule is C[C@H](C(=O)N1CC(=O)Nc2ccccc21)[NH+]1CCN(c2ccccc2)CC1. The van der Waals surface area contributed by atoms with E-state index >= 15 is 0 Å². The Morgan fingerprint density at radius 1 is 1.04 bits per heavy atom. The smallest absolute Gasteiger partial charge is 0.285 e. The lowest BCUT2D eigenvalue weighted by Crippen LogP contribution is -3.19. The molecule has 6 nitrogen and oxygen atoms in total. The third kappa shape index (κ3) is 3.53. The van der Waals surface area contributed by atoms with E-state index in [2.05, 4.69) is 34.5 Å². The van der Waals surface area contributed by atoms with Crippen molar-refractivity contribution >= 4 is 28.9 Å². The van der Waals surface area contributed by atoms with Gasteiger partial charge in [0.1, 0.15) is 6.54 Å². The predicted octanol–water partition coefficient (Wildman–Crippen LogP) is 0.765. The summed E-state index contributed by atoms with van der Waals surface area (Å²) < 4.78 is 0. The maximum Gasteiger partial charge on any atom is 0.285 e. The molecule has 0 bridgehead atoms. The first-order valence-electron chi connectivity index (χ1n) is 9.48. The minimum Gasteiger partial charge on any atom is -0.360 e. The molecule has 1 saturated heterocycles. The zero-order chi connectivity index (χ0) is 18.8. The Morgan fingerprint density at radius 2 is 1.70 bits per heavy atom. The fourth-order valence-corrected chi connectivity index (χ4v) is 3.96. The fourth-order valence-electron chi connectivity index (χ4n) is 3.96. The summed E-state index contributed by atoms with van der Waals surface area (Å²) >= 11 is 0. The number of carbonyl (C=O) groups is 2. The highest BCUT2D eigenvalue weighted by Crippen LogP contribution is 2.29. The van der Waals surface area contributed by atoms with Crippen LogP contribution in [0.5, 0.6) is 0 Å². The van der Waals surface area contributed by atoms with Crippen LogP contribution in [0.2, 0.25) is 0 Å². The molecule has 6 heteroatoms. The average Bonchev–Trinajstić information content (AvgIpc) is 2.73. The molecule has 2 amide bonds. The first kappa shape index (κ1) is 17.5. The monoisotopic (exact) mass is 365 g/mol. The van der Waals surface area contributed by atoms with Crippen LogP contribution in [0.25, 0.3) is 0 Å². The molecule has 1 fully saturated rings. The van der Waals surface area contributed by atoms with Gasteiger partial charge in [-0.1, -0.05) is 30.3 Å². The van der Waals surface area contributed by atoms with Gasteiger partial charge in [0.05, 0.1) is 37.6 Å². The largest absolute Gasteiger partial charge is 0.360 e. The molecule has 2 aliphatic heterocycles. The second kappa shape index (κ2) is 7.40. The van der Waals surface area contributed by atoms with Crippen LogP contribution in [0.1, 0.15) is 6.92 Å². The Hall–Kier alpha value is -2.86. The first-order chi connectivity index (χ1) is 13.1. The molecule has 0 saturated carbocycles. The summed E-state index contributed by atoms with van der Waals surface area (Å²) in [4.78, 5) is 30.5. The molecule has 0 aliphatic carbocycles. The van der Waals surface area contributed by atoms with Gasteiger partial charge in [-0.25, -0.2) is 0 Å². The molecular weight excluding hydrogens is 340 g/mol. The molecule has 27 heavy (non-hydrogen) atoms. The normalized spacial score (nSPS) is 18.6. The van der Waals surface area contributed by atoms with Crippen LogP contribution in [0, 0.1) is 0 Å². The summed E-state index contributed by atoms with van der Waals surface area (Å²) in [5, 5.41) is 2.84. The molecule has 0 radical (unpaired) electrons. The Balaban J connectivity index is 1.44. The summed E-state index contributed by atoms with van der Waals surface area (Å²) in [6, 6.07) is 17.7. The molecular formula is C21H25N4O2+. The number of hydrogen-bond acceptors (Lipinski definition) is 3. The van der Waals surface area contributed by atoms with E-state index in [1.165, 1.54) is 10.6 Å². The number of anilines is 3. The van der Waals surface area contributed by atoms with Crippen molar-refractivity contribution in [3.05, 3.63) is 54.6 Å². The van der Waals surface area contributed by atoms with Crippen molar-refractivity contribution < 1.29 is 14.5 Å². The Morgan fingerprint density at radius 3 is 2.44 bits per heavy atom. The number of amides is 2. The van der Waals surface area contributed by atoms with Crippen LogP contribution < -0.4 is 20.0 Å². The Kier molecular flexibility index (Phi) is 4.81. The van der Waals surface area contributed by atoms with Gasteiger partial charge in [-0.05, 0) is 31.2 Å². The van der Waals surface area contributed by atoms with Crippen molar-refractivity contribution in [1.82, 2.24) is 0 Å². The number of nitrogens with one attached hydrogen (secondary N) is 2. The van der Waals surface area contributed by atoms with Crippen molar-refractivity contribution in [2.45, 2.75) is 13.0 Å². The van der Waals surface area contributed by atoms with Crippen molar-refractivity contribution in [3.8, 4) is 0 Å². The number of nitrogens with zero attached hydrogens (tertiary/aromatic N) is 2. The van der Waals surface area contributed by atoms with Crippen LogP contribution in [0.15, 0.2) is 54.6 Å². The van der Waals surface area contributed by atoms with E-state index in [4.69, 9.17) is 0 Å². The molecule has 2 heterocycles. The highest BCUT2D eigenvalue weighted by atomic mass is 16.2. The van der Waals surface area contributed by atoms with E-state index in [0.29, 0.717) is 5.69 Å². The van der Waals surface area contributed by atoms with Gasteiger partial charge < -0.3 is 15.1 Å². The van der Waals surface area contributed by atoms with E-state index in [1.807, 2.05) is 37.3 Å². The van der Waals surface area contributed by atoms with Crippen LogP contribution >= 0.6 is 0 Å². The zero-order valence-corrected chi connectivity index (χ0v) is 15.5. The maximum atomic E-state index is 13.2. The third-order valence-electron chi connectivity index (χ3n) is 5.55. The number of benzene rings is 2. The summed E-state index contributed by atoms with van der Waals surface area (Å²) in [6.45, 7) is 5.73. The summed E-state index contributed by atoms with van der Waals surface area (Å²) in [5.74, 6) is -0.126. The Bertz CT molecular complexity index is 831. The molecule has 0 spiro atoms. The van der Waals surface area contributed by atoms with Crippen molar-refractivity contribution in [2.24, 2.45) is 0 Å². The van der Waals surface area contributed by atoms with Crippen LogP contribution in [-0.4, -0.2) is 50.6 Å². The van der Waals surface area contributed by atoms with Crippen molar-refractivity contribution in [2.75, 3.05) is 47.8 Å². The van der Waals surface area contributed by atoms with Gasteiger partial charge in [0.25, 0.3) is 5.91 Å². The molecule has 0 aromatic heterocycles. The van der Waals surface area contributed by atoms with Crippen LogP contribution in [0.4, 0.5) is 17.1 Å². The van der Waals surface area contributed by atoms with Gasteiger partial charge in [-0.15, -0.1) is 0 Å². The first-order valence-corrected chi connectivity index (χ1v) is 9.48. The number of carbonyl (C=O) groups excluding carboxylic acids is 2. The zero-order valence-electron chi connectivity index (χ0n) is 15.5. The highest BCUT2D eigenvalue weighted by molar-refractivity contribution is 6.10. The van der Waals surface area contributed by atoms with Crippen LogP contribution in [-0.2, 0) is 9.59 Å². The number of rotatable bonds is 3. The summed E-state index contributed by atoms with van der Waals surface area (Å²) in [6.07, 6.45) is 0. The third-order valence-corrected chi connectivity index (χ3v) is 5.55. The van der Waals surface area contributed by atoms with Crippen molar-refractivity contribution in [3.63, 3.8) is 0 Å². The molecule has 2 aromatic rings. The molecule has 1 atom stereocenters. The minimum atomic E-state index is -0.179. The van der Waals surface area contributed by atoms with Gasteiger partial charge in [0, 0.05) is 5.69 Å². The summed E-state index contributed by atoms with van der Waals surface area (Å²) in [7, 11) is 0. The van der Waals surface area contributed by atoms with Crippen molar-refractivity contribution in [1.29, 1.82) is 0 Å². The molecule has 2 aromatic carbocycles. The molecule has 140 valence electrons. The number of hydrogen-bond donors (Lipinski definition) is 2. The van der Waals surface area contributed by atoms with Gasteiger partial charge in [0.15, 0.2) is 6.04 Å². The van der Waals surface area contributed by atoms with Crippen LogP contribution in [0.3, 0.4) is 0 Å². The lowest BCUT2D eigenvalue weighted by molar-refractivity contribution is -0.914. The topological polar surface area (TPSA) is 57.1 Å². The number of quaternary nitrogens is 1. The van der Waals surface area contributed by atoms with Gasteiger partial charge in [-0.2, -0.15) is 0 Å². The van der Waals surface area contributed by atoms with Gasteiger partial charge >= 0.3 is 0 Å². The lowest BCUT2D eigenvalue weighted by Gasteiger charge is -2.38. The molecule has 2 aliphatic rings. The standard InChI is InChI=1S/C21H24N4O2/c1-16(23-11-13-24(14-12-23)17-7-3-2-4-8-17)21(27)25-15-20(26)22-18-9-5-6-10-19(18)25/h2-10,16H,11-15H2,1H3,(H,22,26)/p+1/t16-/m1/s1. The highest BCUT2D eigenvalue weighted by Gasteiger charge is 2.35. The van der Waals surface area contributed by atoms with Gasteiger partial charge in [0.2, 0.25) is 5.91 Å². The maximum absolute atomic E-state index is 13.2. The van der Waals surface area contributed by atoms with E-state index in [1.54, 1.807) is 4.90 Å². The second-order valence-corrected chi connectivity index (χ2v) is 7.19. The molecule has 0 unspecified atom stereocenters. The summed E-state index contributed by atoms with van der Waals surface area (Å²) in [5.41, 5.74) is 2.73.